The van der Waals surface area contributed by atoms with Crippen LogP contribution in [0.4, 0.5) is 5.69 Å². The van der Waals surface area contributed by atoms with Gasteiger partial charge in [0, 0.05) is 23.8 Å². The van der Waals surface area contributed by atoms with Gasteiger partial charge in [-0.25, -0.2) is 0 Å². The summed E-state index contributed by atoms with van der Waals surface area (Å²) in [5.74, 6) is -0.0306. The van der Waals surface area contributed by atoms with Crippen molar-refractivity contribution in [2.45, 2.75) is 32.3 Å². The molecular weight excluding hydrogens is 276 g/mol. The minimum absolute atomic E-state index is 0.0306. The van der Waals surface area contributed by atoms with Crippen molar-refractivity contribution in [2.24, 2.45) is 0 Å². The Hall–Kier alpha value is -1.10. The first-order chi connectivity index (χ1) is 9.35. The van der Waals surface area contributed by atoms with Gasteiger partial charge in [-0.05, 0) is 50.5 Å². The third-order valence-electron chi connectivity index (χ3n) is 3.76. The van der Waals surface area contributed by atoms with Gasteiger partial charge in [0.05, 0.1) is 12.1 Å². The number of carbonyl (C=O) groups is 1. The lowest BCUT2D eigenvalue weighted by molar-refractivity contribution is -0.118. The maximum Gasteiger partial charge on any atom is 0.238 e. The van der Waals surface area contributed by atoms with E-state index in [0.717, 1.165) is 24.3 Å². The average molecular weight is 297 g/mol. The summed E-state index contributed by atoms with van der Waals surface area (Å²) in [7, 11) is 0. The number of anilines is 1. The molecule has 110 valence electrons. The lowest BCUT2D eigenvalue weighted by Crippen LogP contribution is -2.45. The first-order valence-electron chi connectivity index (χ1n) is 6.86. The molecule has 1 aromatic rings. The quantitative estimate of drug-likeness (QED) is 0.901. The number of halogens is 1. The summed E-state index contributed by atoms with van der Waals surface area (Å²) < 4.78 is 0. The number of amides is 1. The van der Waals surface area contributed by atoms with Gasteiger partial charge in [-0.3, -0.25) is 9.69 Å². The molecule has 0 unspecified atom stereocenters. The fraction of sp³-hybridized carbons (Fsp3) is 0.533. The van der Waals surface area contributed by atoms with Crippen molar-refractivity contribution in [1.82, 2.24) is 4.90 Å². The van der Waals surface area contributed by atoms with Crippen LogP contribution in [0.2, 0.25) is 5.02 Å². The Morgan fingerprint density at radius 2 is 2.10 bits per heavy atom. The van der Waals surface area contributed by atoms with Crippen LogP contribution in [0.5, 0.6) is 0 Å². The van der Waals surface area contributed by atoms with Crippen LogP contribution in [-0.4, -0.2) is 41.1 Å². The molecule has 2 rings (SSSR count). The van der Waals surface area contributed by atoms with E-state index >= 15 is 0 Å². The highest BCUT2D eigenvalue weighted by Gasteiger charge is 2.27. The molecule has 1 aliphatic rings. The van der Waals surface area contributed by atoms with Crippen LogP contribution in [0.15, 0.2) is 18.2 Å². The normalized spacial score (nSPS) is 18.8. The smallest absolute Gasteiger partial charge is 0.238 e. The highest BCUT2D eigenvalue weighted by Crippen LogP contribution is 2.22. The molecule has 1 amide bonds. The van der Waals surface area contributed by atoms with E-state index in [-0.39, 0.29) is 5.91 Å². The van der Waals surface area contributed by atoms with Gasteiger partial charge in [0.2, 0.25) is 5.91 Å². The second-order valence-electron chi connectivity index (χ2n) is 5.78. The van der Waals surface area contributed by atoms with Crippen LogP contribution in [0.25, 0.3) is 0 Å². The van der Waals surface area contributed by atoms with Gasteiger partial charge in [-0.15, -0.1) is 0 Å². The molecule has 0 aromatic heterocycles. The number of aliphatic hydroxyl groups is 1. The second-order valence-corrected chi connectivity index (χ2v) is 6.22. The largest absolute Gasteiger partial charge is 0.390 e. The van der Waals surface area contributed by atoms with Crippen molar-refractivity contribution in [3.05, 3.63) is 28.8 Å². The molecular formula is C15H21ClN2O2. The van der Waals surface area contributed by atoms with Crippen molar-refractivity contribution in [3.63, 3.8) is 0 Å². The number of benzene rings is 1. The molecule has 1 fully saturated rings. The summed E-state index contributed by atoms with van der Waals surface area (Å²) in [6, 6.07) is 5.41. The highest BCUT2D eigenvalue weighted by atomic mass is 35.5. The van der Waals surface area contributed by atoms with E-state index in [1.54, 1.807) is 6.07 Å². The number of piperidine rings is 1. The molecule has 4 nitrogen and oxygen atoms in total. The Labute approximate surface area is 124 Å². The van der Waals surface area contributed by atoms with Gasteiger partial charge < -0.3 is 10.4 Å². The number of hydrogen-bond donors (Lipinski definition) is 2. The molecule has 0 aliphatic carbocycles. The van der Waals surface area contributed by atoms with Crippen molar-refractivity contribution in [3.8, 4) is 0 Å². The van der Waals surface area contributed by atoms with Crippen LogP contribution in [0, 0.1) is 6.92 Å². The van der Waals surface area contributed by atoms with Gasteiger partial charge in [-0.1, -0.05) is 11.6 Å². The fourth-order valence-corrected chi connectivity index (χ4v) is 2.58. The van der Waals surface area contributed by atoms with E-state index < -0.39 is 5.60 Å². The van der Waals surface area contributed by atoms with Crippen LogP contribution < -0.4 is 5.32 Å². The van der Waals surface area contributed by atoms with E-state index in [1.165, 1.54) is 0 Å². The van der Waals surface area contributed by atoms with E-state index in [4.69, 9.17) is 11.6 Å². The molecule has 1 heterocycles. The van der Waals surface area contributed by atoms with Gasteiger partial charge in [0.1, 0.15) is 0 Å². The number of likely N-dealkylation sites (tertiary alicyclic amines) is 1. The Morgan fingerprint density at radius 1 is 1.45 bits per heavy atom. The summed E-state index contributed by atoms with van der Waals surface area (Å²) >= 11 is 5.89. The third kappa shape index (κ3) is 4.20. The molecule has 0 atom stereocenters. The molecule has 2 N–H and O–H groups in total. The number of nitrogens with one attached hydrogen (secondary N) is 1. The number of aryl methyl sites for hydroxylation is 1. The average Bonchev–Trinajstić information content (AvgIpc) is 2.35. The van der Waals surface area contributed by atoms with E-state index in [2.05, 4.69) is 10.2 Å². The monoisotopic (exact) mass is 296 g/mol. The first kappa shape index (κ1) is 15.3. The van der Waals surface area contributed by atoms with Crippen LogP contribution in [-0.2, 0) is 4.79 Å². The Balaban J connectivity index is 1.87. The number of carbonyl (C=O) groups excluding carboxylic acids is 1. The Bertz CT molecular complexity index is 493. The third-order valence-corrected chi connectivity index (χ3v) is 4.00. The zero-order valence-electron chi connectivity index (χ0n) is 11.9. The molecule has 1 saturated heterocycles. The lowest BCUT2D eigenvalue weighted by Gasteiger charge is -2.35. The molecule has 20 heavy (non-hydrogen) atoms. The number of nitrogens with zero attached hydrogens (tertiary/aromatic N) is 1. The van der Waals surface area contributed by atoms with Crippen LogP contribution in [0.1, 0.15) is 25.3 Å². The molecule has 0 saturated carbocycles. The van der Waals surface area contributed by atoms with E-state index in [0.29, 0.717) is 24.4 Å². The summed E-state index contributed by atoms with van der Waals surface area (Å²) in [6.07, 6.45) is 1.42. The SMILES string of the molecule is Cc1cc(Cl)ccc1NC(=O)CN1CCC(C)(O)CC1. The van der Waals surface area contributed by atoms with Crippen molar-refractivity contribution >= 4 is 23.2 Å². The molecule has 1 aliphatic heterocycles. The number of hydrogen-bond acceptors (Lipinski definition) is 3. The zero-order valence-corrected chi connectivity index (χ0v) is 12.7. The lowest BCUT2D eigenvalue weighted by atomic mass is 9.94. The minimum atomic E-state index is -0.584. The number of rotatable bonds is 3. The van der Waals surface area contributed by atoms with Crippen molar-refractivity contribution in [1.29, 1.82) is 0 Å². The van der Waals surface area contributed by atoms with Crippen LogP contribution >= 0.6 is 11.6 Å². The molecule has 5 heteroatoms. The fourth-order valence-electron chi connectivity index (χ4n) is 2.35. The minimum Gasteiger partial charge on any atom is -0.390 e. The van der Waals surface area contributed by atoms with E-state index in [1.807, 2.05) is 26.0 Å². The van der Waals surface area contributed by atoms with Crippen LogP contribution in [0.3, 0.4) is 0 Å². The first-order valence-corrected chi connectivity index (χ1v) is 7.24. The van der Waals surface area contributed by atoms with E-state index in [9.17, 15) is 9.90 Å². The standard InChI is InChI=1S/C15H21ClN2O2/c1-11-9-12(16)3-4-13(11)17-14(19)10-18-7-5-15(2,20)6-8-18/h3-4,9,20H,5-8,10H2,1-2H3,(H,17,19). The van der Waals surface area contributed by atoms with Gasteiger partial charge in [0.15, 0.2) is 0 Å². The molecule has 0 bridgehead atoms. The second kappa shape index (κ2) is 6.12. The van der Waals surface area contributed by atoms with Gasteiger partial charge in [0.25, 0.3) is 0 Å². The summed E-state index contributed by atoms with van der Waals surface area (Å²) in [4.78, 5) is 14.1. The topological polar surface area (TPSA) is 52.6 Å². The van der Waals surface area contributed by atoms with Crippen molar-refractivity contribution < 1.29 is 9.90 Å². The summed E-state index contributed by atoms with van der Waals surface area (Å²) in [6.45, 7) is 5.62. The molecule has 0 spiro atoms. The van der Waals surface area contributed by atoms with Gasteiger partial charge >= 0.3 is 0 Å². The zero-order chi connectivity index (χ0) is 14.8. The molecule has 1 aromatic carbocycles. The maximum atomic E-state index is 12.0. The predicted octanol–water partition coefficient (Wildman–Crippen LogP) is 2.43. The summed E-state index contributed by atoms with van der Waals surface area (Å²) in [5.41, 5.74) is 1.16. The predicted molar refractivity (Wildman–Crippen MR) is 81.1 cm³/mol. The van der Waals surface area contributed by atoms with Gasteiger partial charge in [-0.2, -0.15) is 0 Å². The maximum absolute atomic E-state index is 12.0. The Kier molecular flexibility index (Phi) is 4.68. The Morgan fingerprint density at radius 3 is 2.70 bits per heavy atom. The highest BCUT2D eigenvalue weighted by molar-refractivity contribution is 6.30. The molecule has 0 radical (unpaired) electrons. The van der Waals surface area contributed by atoms with Crippen molar-refractivity contribution in [2.75, 3.05) is 25.0 Å². The summed E-state index contributed by atoms with van der Waals surface area (Å²) in [5, 5.41) is 13.5.